The fraction of sp³-hybridized carbons (Fsp3) is 0.415. The van der Waals surface area contributed by atoms with Crippen LogP contribution in [0.3, 0.4) is 0 Å². The highest BCUT2D eigenvalue weighted by Gasteiger charge is 2.35. The number of nitrogens with zero attached hydrogens (tertiary/aromatic N) is 24. The summed E-state index contributed by atoms with van der Waals surface area (Å²) >= 11 is 0.250. The molecule has 0 aromatic carbocycles. The van der Waals surface area contributed by atoms with E-state index in [9.17, 15) is 31.4 Å². The second-order valence-electron chi connectivity index (χ2n) is 30.0. The van der Waals surface area contributed by atoms with E-state index in [4.69, 9.17) is 0 Å². The van der Waals surface area contributed by atoms with Crippen LogP contribution in [0.5, 0.6) is 0 Å². The maximum Gasteiger partial charge on any atom is 0.244 e. The van der Waals surface area contributed by atoms with E-state index in [1.807, 2.05) is 202 Å². The zero-order valence-corrected chi connectivity index (χ0v) is 68.0. The van der Waals surface area contributed by atoms with Crippen LogP contribution in [-0.4, -0.2) is 207 Å². The predicted octanol–water partition coefficient (Wildman–Crippen LogP) is 13.1. The molecule has 3 atom stereocenters. The molecule has 114 heavy (non-hydrogen) atoms. The number of hydrogen-bond acceptors (Lipinski definition) is 22. The molecule has 0 spiro atoms. The number of aryl methyl sites for hydroxylation is 3. The van der Waals surface area contributed by atoms with Gasteiger partial charge in [-0.05, 0) is 216 Å². The maximum absolute atomic E-state index is 14.9. The van der Waals surface area contributed by atoms with Crippen molar-refractivity contribution in [3.8, 4) is 34.2 Å². The minimum Gasteiger partial charge on any atom is -0.325 e. The summed E-state index contributed by atoms with van der Waals surface area (Å²) in [7, 11) is 11.6. The van der Waals surface area contributed by atoms with Crippen molar-refractivity contribution in [3.63, 3.8) is 0 Å². The van der Waals surface area contributed by atoms with Crippen LogP contribution < -0.4 is 14.7 Å². The van der Waals surface area contributed by atoms with Crippen molar-refractivity contribution < 1.29 is 31.4 Å². The number of pyridine rings is 6. The number of aromatic nitrogens is 18. The van der Waals surface area contributed by atoms with Gasteiger partial charge in [0.25, 0.3) is 0 Å². The van der Waals surface area contributed by atoms with Crippen LogP contribution in [0.15, 0.2) is 110 Å². The lowest BCUT2D eigenvalue weighted by molar-refractivity contribution is -0.125. The van der Waals surface area contributed by atoms with Crippen LogP contribution in [0.25, 0.3) is 67.3 Å². The Hall–Kier alpha value is -11.1. The number of piperidine rings is 3. The Morgan fingerprint density at radius 3 is 0.886 bits per heavy atom. The highest BCUT2D eigenvalue weighted by molar-refractivity contribution is 7.93. The number of halogens is 4. The van der Waals surface area contributed by atoms with Gasteiger partial charge in [-0.2, -0.15) is 17.1 Å². The number of hydrogen-bond donors (Lipinski definition) is 0. The van der Waals surface area contributed by atoms with E-state index in [1.54, 1.807) is 55.4 Å². The van der Waals surface area contributed by atoms with Gasteiger partial charge in [-0.25, -0.2) is 59.8 Å². The van der Waals surface area contributed by atoms with E-state index < -0.39 is 17.8 Å². The lowest BCUT2D eigenvalue weighted by atomic mass is 10.0. The number of imidazole rings is 3. The molecule has 15 heterocycles. The molecule has 0 radical (unpaired) electrons. The van der Waals surface area contributed by atoms with Crippen LogP contribution in [0, 0.1) is 38.6 Å². The number of likely N-dealkylation sites (N-methyl/N-ethyl adjacent to an activating group) is 3. The van der Waals surface area contributed by atoms with Gasteiger partial charge in [-0.15, -0.1) is 0 Å². The number of carbonyl (C=O) groups is 3. The molecule has 0 saturated carbocycles. The minimum atomic E-state index is -0.615. The first kappa shape index (κ1) is 82.4. The van der Waals surface area contributed by atoms with Gasteiger partial charge in [0.05, 0.1) is 124 Å². The molecule has 0 aliphatic carbocycles. The molecule has 1 unspecified atom stereocenters. The van der Waals surface area contributed by atoms with E-state index in [-0.39, 0.29) is 82.7 Å². The highest BCUT2D eigenvalue weighted by Crippen LogP contribution is 2.33. The monoisotopic (exact) mass is 1570 g/mol. The molecular formula is C82H96F4N24O3S. The molecule has 3 saturated heterocycles. The highest BCUT2D eigenvalue weighted by atomic mass is 32.2. The summed E-state index contributed by atoms with van der Waals surface area (Å²) < 4.78 is 60.7. The van der Waals surface area contributed by atoms with E-state index in [2.05, 4.69) is 74.8 Å². The molecule has 12 aromatic rings. The smallest absolute Gasteiger partial charge is 0.244 e. The molecular weight excluding hydrogens is 1480 g/mol. The Balaban J connectivity index is 0.000000155. The van der Waals surface area contributed by atoms with Crippen molar-refractivity contribution in [2.45, 2.75) is 156 Å². The van der Waals surface area contributed by atoms with Crippen molar-refractivity contribution in [1.29, 1.82) is 0 Å². The molecule has 3 aliphatic heterocycles. The SMILES string of the molecule is CSF.Cc1nc2c(F)nc(-c3ccnc(Cc4ccc(N5CCCC(N(C)C)C5=O)cn4)n3)cc2n1C(C)C.Cc1nc2c(F)nc(-c3ccnc(Cc4ccc(N5CCC[C@@H](N(C)C)C5=O)cn4)n3)cc2n1C(C)C.Cc1nc2c(F)nc(-c3ccnc(Cc4ccc(N5CCC[C@H](N(C)C)C5=O)cn4)n3)cc2n1C(C)C. The van der Waals surface area contributed by atoms with Gasteiger partial charge in [0.2, 0.25) is 35.6 Å². The Labute approximate surface area is 664 Å². The largest absolute Gasteiger partial charge is 0.325 e. The molecule has 12 aromatic heterocycles. The third-order valence-corrected chi connectivity index (χ3v) is 20.4. The molecule has 15 rings (SSSR count). The van der Waals surface area contributed by atoms with Crippen molar-refractivity contribution in [2.75, 3.05) is 82.9 Å². The van der Waals surface area contributed by atoms with Gasteiger partial charge in [-0.1, -0.05) is 0 Å². The number of fused-ring (bicyclic) bond motifs is 3. The first-order chi connectivity index (χ1) is 54.6. The lowest BCUT2D eigenvalue weighted by Gasteiger charge is -2.35. The summed E-state index contributed by atoms with van der Waals surface area (Å²) in [6.07, 6.45) is 18.2. The van der Waals surface area contributed by atoms with Gasteiger partial charge >= 0.3 is 0 Å². The van der Waals surface area contributed by atoms with Crippen LogP contribution in [-0.2, 0) is 33.6 Å². The van der Waals surface area contributed by atoms with Crippen molar-refractivity contribution in [2.24, 2.45) is 0 Å². The van der Waals surface area contributed by atoms with Crippen molar-refractivity contribution >= 4 is 80.0 Å². The molecule has 3 aliphatic rings. The van der Waals surface area contributed by atoms with Gasteiger partial charge < -0.3 is 28.4 Å². The second kappa shape index (κ2) is 35.9. The maximum atomic E-state index is 14.9. The molecule has 0 bridgehead atoms. The molecule has 3 fully saturated rings. The average molecular weight is 1570 g/mol. The first-order valence-electron chi connectivity index (χ1n) is 38.1. The summed E-state index contributed by atoms with van der Waals surface area (Å²) in [5, 5.41) is 0. The van der Waals surface area contributed by atoms with E-state index in [0.29, 0.717) is 107 Å². The third-order valence-electron chi connectivity index (χ3n) is 20.4. The Kier molecular flexibility index (Phi) is 26.0. The Bertz CT molecular complexity index is 4900. The number of amides is 3. The van der Waals surface area contributed by atoms with E-state index >= 15 is 0 Å². The fourth-order valence-electron chi connectivity index (χ4n) is 15.0. The summed E-state index contributed by atoms with van der Waals surface area (Å²) in [4.78, 5) is 116. The van der Waals surface area contributed by atoms with E-state index in [1.165, 1.54) is 6.26 Å². The third kappa shape index (κ3) is 18.3. The molecule has 27 nitrogen and oxygen atoms in total. The summed E-state index contributed by atoms with van der Waals surface area (Å²) in [5.74, 6) is 2.34. The van der Waals surface area contributed by atoms with Crippen LogP contribution in [0.2, 0.25) is 0 Å². The van der Waals surface area contributed by atoms with Gasteiger partial charge in [0, 0.05) is 91.8 Å². The number of anilines is 3. The summed E-state index contributed by atoms with van der Waals surface area (Å²) in [5.41, 5.74) is 10.4. The summed E-state index contributed by atoms with van der Waals surface area (Å²) in [6.45, 7) is 19.9. The number of carbonyl (C=O) groups excluding carboxylic acids is 3. The van der Waals surface area contributed by atoms with Crippen molar-refractivity contribution in [3.05, 3.63) is 180 Å². The van der Waals surface area contributed by atoms with Crippen LogP contribution >= 0.6 is 12.1 Å². The van der Waals surface area contributed by atoms with E-state index in [0.717, 1.165) is 90.1 Å². The predicted molar refractivity (Wildman–Crippen MR) is 434 cm³/mol. The number of rotatable bonds is 18. The zero-order chi connectivity index (χ0) is 81.5. The molecule has 0 N–H and O–H groups in total. The summed E-state index contributed by atoms with van der Waals surface area (Å²) in [6, 6.07) is 22.2. The Morgan fingerprint density at radius 1 is 0.395 bits per heavy atom. The molecule has 3 amide bonds. The van der Waals surface area contributed by atoms with Crippen LogP contribution in [0.1, 0.15) is 150 Å². The second-order valence-corrected chi connectivity index (χ2v) is 30.3. The first-order valence-corrected chi connectivity index (χ1v) is 39.3. The fourth-order valence-corrected chi connectivity index (χ4v) is 15.0. The topological polar surface area (TPSA) is 279 Å². The van der Waals surface area contributed by atoms with Crippen molar-refractivity contribution in [1.82, 2.24) is 103 Å². The van der Waals surface area contributed by atoms with Crippen LogP contribution in [0.4, 0.5) is 34.1 Å². The van der Waals surface area contributed by atoms with Gasteiger partial charge in [-0.3, -0.25) is 44.0 Å². The van der Waals surface area contributed by atoms with Gasteiger partial charge in [0.1, 0.15) is 51.5 Å². The molecule has 596 valence electrons. The quantitative estimate of drug-likeness (QED) is 0.0570. The average Bonchev–Trinajstić information content (AvgIpc) is 1.62. The zero-order valence-electron chi connectivity index (χ0n) is 67.2. The van der Waals surface area contributed by atoms with Gasteiger partial charge in [0.15, 0.2) is 0 Å². The standard InChI is InChI=1S/3C27H31FN8O.CH3FS/c3*1-16(2)36-17(3)31-25-23(36)14-21(33-26(25)28)20-10-11-29-24(32-20)13-18-8-9-19(15-30-18)35-12-6-7-22(27(35)37)34(4)5;1-3-2/h3*8-11,14-16,22H,6-7,12-13H2,1-5H3;1H3/t2*22-;;/m10../s1. The normalized spacial score (nSPS) is 16.1. The minimum absolute atomic E-state index is 0.104. The molecule has 32 heteroatoms. The Morgan fingerprint density at radius 2 is 0.658 bits per heavy atom. The lowest BCUT2D eigenvalue weighted by Crippen LogP contribution is -2.50.